The molecular weight excluding hydrogens is 312 g/mol. The van der Waals surface area contributed by atoms with E-state index in [1.807, 2.05) is 0 Å². The summed E-state index contributed by atoms with van der Waals surface area (Å²) < 4.78 is 0. The Labute approximate surface area is 124 Å². The van der Waals surface area contributed by atoms with E-state index >= 15 is 0 Å². The van der Waals surface area contributed by atoms with Gasteiger partial charge in [0.15, 0.2) is 0 Å². The summed E-state index contributed by atoms with van der Waals surface area (Å²) in [6, 6.07) is 2.42. The van der Waals surface area contributed by atoms with Crippen molar-refractivity contribution in [2.45, 2.75) is 6.04 Å². The molecule has 0 radical (unpaired) electrons. The topological polar surface area (TPSA) is 70.2 Å². The van der Waals surface area contributed by atoms with Crippen LogP contribution in [0, 0.1) is 0 Å². The highest BCUT2D eigenvalue weighted by Crippen LogP contribution is 2.32. The van der Waals surface area contributed by atoms with Crippen LogP contribution in [0.4, 0.5) is 5.69 Å². The Bertz CT molecular complexity index is 526. The summed E-state index contributed by atoms with van der Waals surface area (Å²) >= 11 is 17.6. The van der Waals surface area contributed by atoms with Crippen LogP contribution in [0.5, 0.6) is 0 Å². The number of hydrogen-bond donors (Lipinski definition) is 3. The number of halogens is 3. The molecule has 0 spiro atoms. The minimum absolute atomic E-state index is 0.104. The molecule has 2 amide bonds. The van der Waals surface area contributed by atoms with Crippen LogP contribution in [-0.2, 0) is 9.59 Å². The van der Waals surface area contributed by atoms with E-state index in [1.54, 1.807) is 0 Å². The van der Waals surface area contributed by atoms with Crippen molar-refractivity contribution in [2.24, 2.45) is 0 Å². The number of anilines is 1. The van der Waals surface area contributed by atoms with Crippen LogP contribution in [-0.4, -0.2) is 30.9 Å². The van der Waals surface area contributed by atoms with Crippen molar-refractivity contribution >= 4 is 52.3 Å². The van der Waals surface area contributed by atoms with Gasteiger partial charge >= 0.3 is 0 Å². The van der Waals surface area contributed by atoms with Gasteiger partial charge in [0.1, 0.15) is 6.04 Å². The average Bonchev–Trinajstić information content (AvgIpc) is 2.36. The van der Waals surface area contributed by atoms with E-state index in [-0.39, 0.29) is 24.9 Å². The van der Waals surface area contributed by atoms with Gasteiger partial charge in [-0.05, 0) is 12.1 Å². The molecule has 0 aromatic heterocycles. The number of rotatable bonds is 2. The lowest BCUT2D eigenvalue weighted by Crippen LogP contribution is -2.56. The number of benzene rings is 1. The van der Waals surface area contributed by atoms with Crippen molar-refractivity contribution in [3.63, 3.8) is 0 Å². The van der Waals surface area contributed by atoms with Crippen LogP contribution >= 0.6 is 34.8 Å². The number of carbonyl (C=O) groups excluding carboxylic acids is 2. The zero-order chi connectivity index (χ0) is 14.0. The highest BCUT2D eigenvalue weighted by molar-refractivity contribution is 6.44. The SMILES string of the molecule is O=C1CNC(C(=O)Nc2cc(Cl)c(Cl)cc2Cl)CN1. The lowest BCUT2D eigenvalue weighted by Gasteiger charge is -2.23. The molecule has 0 saturated carbocycles. The predicted molar refractivity (Wildman–Crippen MR) is 74.9 cm³/mol. The molecule has 1 fully saturated rings. The first-order valence-electron chi connectivity index (χ1n) is 5.43. The number of hydrogen-bond acceptors (Lipinski definition) is 3. The van der Waals surface area contributed by atoms with Gasteiger partial charge in [0.25, 0.3) is 0 Å². The largest absolute Gasteiger partial charge is 0.353 e. The monoisotopic (exact) mass is 321 g/mol. The van der Waals surface area contributed by atoms with E-state index in [9.17, 15) is 9.59 Å². The van der Waals surface area contributed by atoms with Gasteiger partial charge in [0, 0.05) is 6.54 Å². The fourth-order valence-electron chi connectivity index (χ4n) is 1.59. The molecular formula is C11H10Cl3N3O2. The summed E-state index contributed by atoms with van der Waals surface area (Å²) in [5.41, 5.74) is 0.375. The summed E-state index contributed by atoms with van der Waals surface area (Å²) in [7, 11) is 0. The van der Waals surface area contributed by atoms with Gasteiger partial charge in [-0.15, -0.1) is 0 Å². The maximum Gasteiger partial charge on any atom is 0.243 e. The number of piperazine rings is 1. The van der Waals surface area contributed by atoms with Crippen LogP contribution in [0.1, 0.15) is 0 Å². The first-order chi connectivity index (χ1) is 8.97. The molecule has 0 aliphatic carbocycles. The fraction of sp³-hybridized carbons (Fsp3) is 0.273. The Kier molecular flexibility index (Phi) is 4.52. The van der Waals surface area contributed by atoms with Crippen molar-refractivity contribution in [2.75, 3.05) is 18.4 Å². The molecule has 2 rings (SSSR count). The van der Waals surface area contributed by atoms with Crippen molar-refractivity contribution in [3.05, 3.63) is 27.2 Å². The van der Waals surface area contributed by atoms with Gasteiger partial charge < -0.3 is 10.6 Å². The molecule has 1 saturated heterocycles. The molecule has 8 heteroatoms. The summed E-state index contributed by atoms with van der Waals surface area (Å²) in [6.07, 6.45) is 0. The van der Waals surface area contributed by atoms with E-state index in [0.29, 0.717) is 20.8 Å². The molecule has 1 heterocycles. The average molecular weight is 323 g/mol. The predicted octanol–water partition coefficient (Wildman–Crippen LogP) is 1.67. The van der Waals surface area contributed by atoms with Gasteiger partial charge in [-0.3, -0.25) is 14.9 Å². The van der Waals surface area contributed by atoms with Crippen molar-refractivity contribution in [1.82, 2.24) is 10.6 Å². The van der Waals surface area contributed by atoms with E-state index in [4.69, 9.17) is 34.8 Å². The maximum absolute atomic E-state index is 12.0. The van der Waals surface area contributed by atoms with E-state index in [0.717, 1.165) is 0 Å². The number of carbonyl (C=O) groups is 2. The minimum Gasteiger partial charge on any atom is -0.353 e. The zero-order valence-corrected chi connectivity index (χ0v) is 11.9. The third-order valence-corrected chi connectivity index (χ3v) is 3.63. The third-order valence-electron chi connectivity index (χ3n) is 2.60. The molecule has 1 aliphatic heterocycles. The van der Waals surface area contributed by atoms with Crippen LogP contribution in [0.25, 0.3) is 0 Å². The maximum atomic E-state index is 12.0. The summed E-state index contributed by atoms with van der Waals surface area (Å²) in [4.78, 5) is 22.9. The summed E-state index contributed by atoms with van der Waals surface area (Å²) in [6.45, 7) is 0.330. The summed E-state index contributed by atoms with van der Waals surface area (Å²) in [5.74, 6) is -0.447. The van der Waals surface area contributed by atoms with Gasteiger partial charge in [-0.2, -0.15) is 0 Å². The lowest BCUT2D eigenvalue weighted by molar-refractivity contribution is -0.124. The Morgan fingerprint density at radius 1 is 1.21 bits per heavy atom. The fourth-order valence-corrected chi connectivity index (χ4v) is 2.18. The van der Waals surface area contributed by atoms with Gasteiger partial charge in [-0.25, -0.2) is 0 Å². The number of amides is 2. The van der Waals surface area contributed by atoms with E-state index in [2.05, 4.69) is 16.0 Å². The normalized spacial score (nSPS) is 18.9. The Morgan fingerprint density at radius 2 is 1.89 bits per heavy atom. The molecule has 102 valence electrons. The Balaban J connectivity index is 2.07. The van der Waals surface area contributed by atoms with Crippen LogP contribution in [0.3, 0.4) is 0 Å². The molecule has 3 N–H and O–H groups in total. The van der Waals surface area contributed by atoms with Crippen LogP contribution in [0.2, 0.25) is 15.1 Å². The van der Waals surface area contributed by atoms with E-state index in [1.165, 1.54) is 12.1 Å². The third kappa shape index (κ3) is 3.51. The Morgan fingerprint density at radius 3 is 2.53 bits per heavy atom. The smallest absolute Gasteiger partial charge is 0.243 e. The molecule has 1 aromatic carbocycles. The molecule has 0 bridgehead atoms. The molecule has 1 aromatic rings. The summed E-state index contributed by atoms with van der Waals surface area (Å²) in [5, 5.41) is 8.94. The molecule has 1 atom stereocenters. The molecule has 1 aliphatic rings. The first kappa shape index (κ1) is 14.4. The minimum atomic E-state index is -0.511. The van der Waals surface area contributed by atoms with Crippen LogP contribution < -0.4 is 16.0 Å². The van der Waals surface area contributed by atoms with Gasteiger partial charge in [0.05, 0.1) is 27.3 Å². The second kappa shape index (κ2) is 5.96. The van der Waals surface area contributed by atoms with Crippen LogP contribution in [0.15, 0.2) is 12.1 Å². The molecule has 5 nitrogen and oxygen atoms in total. The van der Waals surface area contributed by atoms with Crippen molar-refractivity contribution in [1.29, 1.82) is 0 Å². The van der Waals surface area contributed by atoms with E-state index < -0.39 is 6.04 Å². The highest BCUT2D eigenvalue weighted by atomic mass is 35.5. The molecule has 19 heavy (non-hydrogen) atoms. The van der Waals surface area contributed by atoms with Gasteiger partial charge in [-0.1, -0.05) is 34.8 Å². The first-order valence-corrected chi connectivity index (χ1v) is 6.56. The quantitative estimate of drug-likeness (QED) is 0.726. The van der Waals surface area contributed by atoms with Crippen molar-refractivity contribution in [3.8, 4) is 0 Å². The second-order valence-electron chi connectivity index (χ2n) is 3.97. The second-order valence-corrected chi connectivity index (χ2v) is 5.19. The standard InChI is InChI=1S/C11H10Cl3N3O2/c12-5-1-7(14)8(2-6(5)13)17-11(19)9-3-16-10(18)4-15-9/h1-2,9,15H,3-4H2,(H,16,18)(H,17,19). The van der Waals surface area contributed by atoms with Gasteiger partial charge in [0.2, 0.25) is 11.8 Å². The van der Waals surface area contributed by atoms with Crippen molar-refractivity contribution < 1.29 is 9.59 Å². The zero-order valence-electron chi connectivity index (χ0n) is 9.60. The highest BCUT2D eigenvalue weighted by Gasteiger charge is 2.24. The lowest BCUT2D eigenvalue weighted by atomic mass is 10.2. The Hall–Kier alpha value is -1.01. The number of nitrogens with one attached hydrogen (secondary N) is 3. The molecule has 1 unspecified atom stereocenters.